The van der Waals surface area contributed by atoms with Crippen molar-refractivity contribution in [2.24, 2.45) is 5.10 Å². The van der Waals surface area contributed by atoms with Gasteiger partial charge in [-0.1, -0.05) is 17.8 Å². The first-order chi connectivity index (χ1) is 10.3. The minimum Gasteiger partial charge on any atom is -0.337 e. The molecule has 0 saturated carbocycles. The highest BCUT2D eigenvalue weighted by Gasteiger charge is 2.15. The Kier molecular flexibility index (Phi) is 2.93. The van der Waals surface area contributed by atoms with E-state index in [0.29, 0.717) is 11.6 Å². The number of fused-ring (bicyclic) bond motifs is 1. The maximum Gasteiger partial charge on any atom is 0.299 e. The van der Waals surface area contributed by atoms with Gasteiger partial charge in [-0.3, -0.25) is 4.79 Å². The molecule has 3 heterocycles. The van der Waals surface area contributed by atoms with Crippen LogP contribution in [0.2, 0.25) is 0 Å². The summed E-state index contributed by atoms with van der Waals surface area (Å²) >= 11 is 2.35. The van der Waals surface area contributed by atoms with Gasteiger partial charge in [-0.25, -0.2) is 10.4 Å². The van der Waals surface area contributed by atoms with Crippen LogP contribution in [0.1, 0.15) is 5.56 Å². The number of rotatable bonds is 2. The molecular weight excluding hydrogens is 308 g/mol. The van der Waals surface area contributed by atoms with Crippen LogP contribution >= 0.6 is 23.5 Å². The third-order valence-electron chi connectivity index (χ3n) is 3.04. The molecule has 0 bridgehead atoms. The molecule has 2 aromatic heterocycles. The van der Waals surface area contributed by atoms with Crippen molar-refractivity contribution >= 4 is 45.5 Å². The van der Waals surface area contributed by atoms with E-state index in [1.54, 1.807) is 6.20 Å². The summed E-state index contributed by atoms with van der Waals surface area (Å²) in [6.45, 7) is 0. The van der Waals surface area contributed by atoms with E-state index in [-0.39, 0.29) is 5.24 Å². The highest BCUT2D eigenvalue weighted by atomic mass is 32.2. The van der Waals surface area contributed by atoms with E-state index >= 15 is 0 Å². The fourth-order valence-corrected chi connectivity index (χ4v) is 3.06. The van der Waals surface area contributed by atoms with E-state index in [2.05, 4.69) is 29.2 Å². The molecule has 0 fully saturated rings. The molecule has 2 N–H and O–H groups in total. The van der Waals surface area contributed by atoms with Gasteiger partial charge in [-0.05, 0) is 12.1 Å². The summed E-state index contributed by atoms with van der Waals surface area (Å²) in [6, 6.07) is 5.86. The van der Waals surface area contributed by atoms with Crippen molar-refractivity contribution < 1.29 is 4.79 Å². The number of amides is 1. The highest BCUT2D eigenvalue weighted by molar-refractivity contribution is 8.14. The number of carbonyl (C=O) groups is 1. The number of aromatic nitrogens is 4. The molecule has 9 heteroatoms. The van der Waals surface area contributed by atoms with Gasteiger partial charge in [-0.15, -0.1) is 0 Å². The minimum atomic E-state index is -0.127. The molecule has 1 aromatic carbocycles. The Balaban J connectivity index is 1.75. The average Bonchev–Trinajstić information content (AvgIpc) is 3.16. The largest absolute Gasteiger partial charge is 0.337 e. The van der Waals surface area contributed by atoms with E-state index in [0.717, 1.165) is 39.7 Å². The van der Waals surface area contributed by atoms with Crippen molar-refractivity contribution in [3.8, 4) is 11.5 Å². The second kappa shape index (κ2) is 4.93. The van der Waals surface area contributed by atoms with Crippen LogP contribution in [0.4, 0.5) is 4.79 Å². The summed E-state index contributed by atoms with van der Waals surface area (Å²) in [4.78, 5) is 18.8. The number of nitrogens with one attached hydrogen (secondary N) is 2. The van der Waals surface area contributed by atoms with Crippen LogP contribution in [0.15, 0.2) is 29.5 Å². The second-order valence-corrected chi connectivity index (χ2v) is 5.86. The van der Waals surface area contributed by atoms with Crippen molar-refractivity contribution in [3.63, 3.8) is 0 Å². The van der Waals surface area contributed by atoms with Crippen molar-refractivity contribution in [2.45, 2.75) is 0 Å². The van der Waals surface area contributed by atoms with Crippen molar-refractivity contribution in [1.29, 1.82) is 0 Å². The lowest BCUT2D eigenvalue weighted by Crippen LogP contribution is -2.23. The van der Waals surface area contributed by atoms with E-state index in [9.17, 15) is 4.79 Å². The van der Waals surface area contributed by atoms with Gasteiger partial charge < -0.3 is 4.98 Å². The number of hydrazone groups is 1. The molecule has 7 nitrogen and oxygen atoms in total. The fourth-order valence-electron chi connectivity index (χ4n) is 2.04. The van der Waals surface area contributed by atoms with Crippen molar-refractivity contribution in [1.82, 2.24) is 24.1 Å². The zero-order valence-electron chi connectivity index (χ0n) is 10.5. The lowest BCUT2D eigenvalue weighted by atomic mass is 10.1. The Hall–Kier alpha value is -2.26. The molecule has 1 aliphatic rings. The quantitative estimate of drug-likeness (QED) is 0.756. The molecule has 0 spiro atoms. The molecule has 1 amide bonds. The fraction of sp³-hybridized carbons (Fsp3) is 0.0833. The van der Waals surface area contributed by atoms with Gasteiger partial charge in [0.15, 0.2) is 5.82 Å². The van der Waals surface area contributed by atoms with Crippen LogP contribution in [0.5, 0.6) is 0 Å². The van der Waals surface area contributed by atoms with Gasteiger partial charge in [0.05, 0.1) is 34.7 Å². The van der Waals surface area contributed by atoms with Crippen LogP contribution < -0.4 is 5.43 Å². The summed E-state index contributed by atoms with van der Waals surface area (Å²) < 4.78 is 8.14. The smallest absolute Gasteiger partial charge is 0.299 e. The highest BCUT2D eigenvalue weighted by Crippen LogP contribution is 2.21. The topological polar surface area (TPSA) is 95.9 Å². The summed E-state index contributed by atoms with van der Waals surface area (Å²) in [5.41, 5.74) is 6.75. The summed E-state index contributed by atoms with van der Waals surface area (Å²) in [7, 11) is 0. The molecule has 3 aromatic rings. The van der Waals surface area contributed by atoms with Crippen LogP contribution in [0, 0.1) is 0 Å². The normalized spacial score (nSPS) is 15.0. The Morgan fingerprint density at radius 3 is 3.00 bits per heavy atom. The van der Waals surface area contributed by atoms with Gasteiger partial charge in [0.1, 0.15) is 5.69 Å². The predicted molar refractivity (Wildman–Crippen MR) is 82.5 cm³/mol. The van der Waals surface area contributed by atoms with Gasteiger partial charge in [0, 0.05) is 11.3 Å². The van der Waals surface area contributed by atoms with E-state index < -0.39 is 0 Å². The number of hydrogen-bond acceptors (Lipinski definition) is 7. The summed E-state index contributed by atoms with van der Waals surface area (Å²) in [5.74, 6) is 1.26. The zero-order chi connectivity index (χ0) is 14.2. The molecule has 1 aliphatic heterocycles. The zero-order valence-corrected chi connectivity index (χ0v) is 12.2. The lowest BCUT2D eigenvalue weighted by Gasteiger charge is -2.11. The Bertz CT molecular complexity index is 854. The van der Waals surface area contributed by atoms with Crippen LogP contribution in [-0.4, -0.2) is 35.4 Å². The monoisotopic (exact) mass is 316 g/mol. The standard InChI is InChI=1S/C12H8N6OS2/c19-12-17-16-10(5-20-12)6-1-2-7-8(3-6)15-11(14-7)9-4-13-21-18-9/h1-4H,5H2,(H,14,15)(H,17,19). The summed E-state index contributed by atoms with van der Waals surface area (Å²) in [6.07, 6.45) is 1.68. The first-order valence-electron chi connectivity index (χ1n) is 6.07. The third kappa shape index (κ3) is 2.30. The number of imidazole rings is 1. The number of nitrogens with zero attached hydrogens (tertiary/aromatic N) is 4. The van der Waals surface area contributed by atoms with E-state index in [4.69, 9.17) is 0 Å². The predicted octanol–water partition coefficient (Wildman–Crippen LogP) is 2.24. The number of aromatic amines is 1. The molecule has 0 unspecified atom stereocenters. The van der Waals surface area contributed by atoms with Gasteiger partial charge in [0.25, 0.3) is 5.24 Å². The number of thioether (sulfide) groups is 1. The minimum absolute atomic E-state index is 0.127. The number of benzene rings is 1. The number of hydrogen-bond donors (Lipinski definition) is 2. The first kappa shape index (κ1) is 12.5. The van der Waals surface area contributed by atoms with Gasteiger partial charge in [-0.2, -0.15) is 13.8 Å². The third-order valence-corrected chi connectivity index (χ3v) is 4.29. The lowest BCUT2D eigenvalue weighted by molar-refractivity contribution is 0.261. The Morgan fingerprint density at radius 2 is 2.24 bits per heavy atom. The SMILES string of the molecule is O=C1NN=C(c2ccc3[nH]c(-c4cnsn4)nc3c2)CS1. The molecule has 0 aliphatic carbocycles. The van der Waals surface area contributed by atoms with Crippen LogP contribution in [0.3, 0.4) is 0 Å². The number of carbonyl (C=O) groups excluding carboxylic acids is 1. The van der Waals surface area contributed by atoms with Gasteiger partial charge in [0.2, 0.25) is 0 Å². The maximum atomic E-state index is 11.1. The van der Waals surface area contributed by atoms with Crippen molar-refractivity contribution in [3.05, 3.63) is 30.0 Å². The van der Waals surface area contributed by atoms with Crippen molar-refractivity contribution in [2.75, 3.05) is 5.75 Å². The molecule has 0 atom stereocenters. The molecular formula is C12H8N6OS2. The molecule has 4 rings (SSSR count). The Morgan fingerprint density at radius 1 is 1.29 bits per heavy atom. The Labute approximate surface area is 127 Å². The molecule has 0 radical (unpaired) electrons. The van der Waals surface area contributed by atoms with E-state index in [1.165, 1.54) is 11.8 Å². The number of H-pyrrole nitrogens is 1. The van der Waals surface area contributed by atoms with Crippen LogP contribution in [0.25, 0.3) is 22.6 Å². The molecule has 21 heavy (non-hydrogen) atoms. The van der Waals surface area contributed by atoms with Gasteiger partial charge >= 0.3 is 0 Å². The average molecular weight is 316 g/mol. The maximum absolute atomic E-state index is 11.1. The van der Waals surface area contributed by atoms with E-state index in [1.807, 2.05) is 18.2 Å². The molecule has 104 valence electrons. The molecule has 0 saturated heterocycles. The second-order valence-electron chi connectivity index (χ2n) is 4.36. The van der Waals surface area contributed by atoms with Crippen LogP contribution in [-0.2, 0) is 0 Å². The first-order valence-corrected chi connectivity index (χ1v) is 7.78. The summed E-state index contributed by atoms with van der Waals surface area (Å²) in [5, 5.41) is 3.95.